The summed E-state index contributed by atoms with van der Waals surface area (Å²) in [5.74, 6) is 0.194. The van der Waals surface area contributed by atoms with E-state index in [1.807, 2.05) is 18.2 Å². The van der Waals surface area contributed by atoms with Gasteiger partial charge in [0.05, 0.1) is 5.69 Å². The lowest BCUT2D eigenvalue weighted by Crippen LogP contribution is -2.26. The Morgan fingerprint density at radius 3 is 2.68 bits per heavy atom. The molecule has 1 amide bonds. The SMILES string of the molecule is CCCc1cc(C(=O)NCCCc2ccc(O)cc2)n(C)n1. The maximum atomic E-state index is 12.1. The van der Waals surface area contributed by atoms with E-state index in [4.69, 9.17) is 0 Å². The Morgan fingerprint density at radius 2 is 2.00 bits per heavy atom. The number of aromatic nitrogens is 2. The lowest BCUT2D eigenvalue weighted by atomic mass is 10.1. The zero-order valence-electron chi connectivity index (χ0n) is 13.2. The van der Waals surface area contributed by atoms with Crippen molar-refractivity contribution in [3.05, 3.63) is 47.3 Å². The summed E-state index contributed by atoms with van der Waals surface area (Å²) in [4.78, 5) is 12.1. The molecule has 0 spiro atoms. The fourth-order valence-electron chi connectivity index (χ4n) is 2.37. The Morgan fingerprint density at radius 1 is 1.27 bits per heavy atom. The molecule has 0 bridgehead atoms. The van der Waals surface area contributed by atoms with E-state index in [9.17, 15) is 9.90 Å². The molecule has 118 valence electrons. The molecule has 0 aliphatic carbocycles. The molecule has 2 N–H and O–H groups in total. The molecule has 0 saturated heterocycles. The number of nitrogens with one attached hydrogen (secondary N) is 1. The van der Waals surface area contributed by atoms with Gasteiger partial charge in [0.15, 0.2) is 0 Å². The number of benzene rings is 1. The summed E-state index contributed by atoms with van der Waals surface area (Å²) in [6.45, 7) is 2.71. The van der Waals surface area contributed by atoms with Gasteiger partial charge in [-0.3, -0.25) is 9.48 Å². The second kappa shape index (κ2) is 7.64. The Balaban J connectivity index is 1.79. The molecule has 1 aromatic carbocycles. The molecule has 0 aliphatic rings. The van der Waals surface area contributed by atoms with Crippen LogP contribution in [0.3, 0.4) is 0 Å². The predicted octanol–water partition coefficient (Wildman–Crippen LogP) is 2.44. The topological polar surface area (TPSA) is 67.2 Å². The molecule has 1 heterocycles. The third-order valence-corrected chi connectivity index (χ3v) is 3.53. The minimum absolute atomic E-state index is 0.0805. The highest BCUT2D eigenvalue weighted by molar-refractivity contribution is 5.92. The predicted molar refractivity (Wildman–Crippen MR) is 86.0 cm³/mol. The largest absolute Gasteiger partial charge is 0.508 e. The standard InChI is InChI=1S/C17H23N3O2/c1-3-5-14-12-16(20(2)19-14)17(22)18-11-4-6-13-7-9-15(21)10-8-13/h7-10,12,21H,3-6,11H2,1-2H3,(H,18,22). The van der Waals surface area contributed by atoms with Gasteiger partial charge in [-0.25, -0.2) is 0 Å². The van der Waals surface area contributed by atoms with Crippen LogP contribution in [0.5, 0.6) is 5.75 Å². The van der Waals surface area contributed by atoms with E-state index >= 15 is 0 Å². The van der Waals surface area contributed by atoms with Crippen molar-refractivity contribution in [2.24, 2.45) is 7.05 Å². The summed E-state index contributed by atoms with van der Waals surface area (Å²) in [7, 11) is 1.80. The highest BCUT2D eigenvalue weighted by Gasteiger charge is 2.12. The quantitative estimate of drug-likeness (QED) is 0.772. The van der Waals surface area contributed by atoms with E-state index in [0.717, 1.165) is 36.9 Å². The average Bonchev–Trinajstić information content (AvgIpc) is 2.86. The van der Waals surface area contributed by atoms with Crippen LogP contribution in [0.25, 0.3) is 0 Å². The summed E-state index contributed by atoms with van der Waals surface area (Å²) in [6.07, 6.45) is 3.63. The van der Waals surface area contributed by atoms with Gasteiger partial charge in [0.2, 0.25) is 0 Å². The van der Waals surface area contributed by atoms with Crippen molar-refractivity contribution < 1.29 is 9.90 Å². The number of amides is 1. The number of hydrogen-bond donors (Lipinski definition) is 2. The van der Waals surface area contributed by atoms with Crippen molar-refractivity contribution in [1.82, 2.24) is 15.1 Å². The summed E-state index contributed by atoms with van der Waals surface area (Å²) < 4.78 is 1.64. The summed E-state index contributed by atoms with van der Waals surface area (Å²) in [5.41, 5.74) is 2.71. The average molecular weight is 301 g/mol. The first-order valence-corrected chi connectivity index (χ1v) is 7.69. The number of phenolic OH excluding ortho intramolecular Hbond substituents is 1. The minimum Gasteiger partial charge on any atom is -0.508 e. The molecule has 0 unspecified atom stereocenters. The maximum Gasteiger partial charge on any atom is 0.269 e. The van der Waals surface area contributed by atoms with Crippen molar-refractivity contribution in [1.29, 1.82) is 0 Å². The van der Waals surface area contributed by atoms with Crippen LogP contribution in [-0.2, 0) is 19.9 Å². The Bertz CT molecular complexity index is 617. The van der Waals surface area contributed by atoms with Crippen molar-refractivity contribution in [2.75, 3.05) is 6.54 Å². The van der Waals surface area contributed by atoms with E-state index in [2.05, 4.69) is 17.3 Å². The number of phenols is 1. The van der Waals surface area contributed by atoms with Gasteiger partial charge in [-0.1, -0.05) is 25.5 Å². The van der Waals surface area contributed by atoms with E-state index in [-0.39, 0.29) is 11.7 Å². The molecule has 5 heteroatoms. The van der Waals surface area contributed by atoms with Gasteiger partial charge in [0.25, 0.3) is 5.91 Å². The highest BCUT2D eigenvalue weighted by atomic mass is 16.3. The van der Waals surface area contributed by atoms with Crippen LogP contribution in [0.2, 0.25) is 0 Å². The Hall–Kier alpha value is -2.30. The number of carbonyl (C=O) groups is 1. The van der Waals surface area contributed by atoms with Gasteiger partial charge >= 0.3 is 0 Å². The molecule has 0 atom stereocenters. The van der Waals surface area contributed by atoms with Crippen LogP contribution < -0.4 is 5.32 Å². The van der Waals surface area contributed by atoms with Gasteiger partial charge in [-0.05, 0) is 43.0 Å². The summed E-state index contributed by atoms with van der Waals surface area (Å²) >= 11 is 0. The summed E-state index contributed by atoms with van der Waals surface area (Å²) in [5, 5.41) is 16.5. The van der Waals surface area contributed by atoms with Gasteiger partial charge in [0, 0.05) is 13.6 Å². The lowest BCUT2D eigenvalue weighted by molar-refractivity contribution is 0.0944. The molecule has 2 aromatic rings. The van der Waals surface area contributed by atoms with Crippen LogP contribution in [0.1, 0.15) is 41.5 Å². The number of hydrogen-bond acceptors (Lipinski definition) is 3. The number of aryl methyl sites for hydroxylation is 3. The zero-order valence-corrected chi connectivity index (χ0v) is 13.2. The van der Waals surface area contributed by atoms with Crippen LogP contribution >= 0.6 is 0 Å². The third kappa shape index (κ3) is 4.35. The van der Waals surface area contributed by atoms with Gasteiger partial charge in [-0.15, -0.1) is 0 Å². The molecule has 5 nitrogen and oxygen atoms in total. The Kier molecular flexibility index (Phi) is 5.58. The van der Waals surface area contributed by atoms with Crippen molar-refractivity contribution in [3.8, 4) is 5.75 Å². The molecule has 0 radical (unpaired) electrons. The van der Waals surface area contributed by atoms with Gasteiger partial charge in [0.1, 0.15) is 11.4 Å². The van der Waals surface area contributed by atoms with E-state index in [0.29, 0.717) is 12.2 Å². The number of carbonyl (C=O) groups excluding carboxylic acids is 1. The second-order valence-corrected chi connectivity index (χ2v) is 5.42. The highest BCUT2D eigenvalue weighted by Crippen LogP contribution is 2.11. The maximum absolute atomic E-state index is 12.1. The lowest BCUT2D eigenvalue weighted by Gasteiger charge is -2.05. The summed E-state index contributed by atoms with van der Waals surface area (Å²) in [6, 6.07) is 9.01. The molecule has 1 aromatic heterocycles. The smallest absolute Gasteiger partial charge is 0.269 e. The van der Waals surface area contributed by atoms with Crippen molar-refractivity contribution in [2.45, 2.75) is 32.6 Å². The molecular weight excluding hydrogens is 278 g/mol. The molecular formula is C17H23N3O2. The van der Waals surface area contributed by atoms with Gasteiger partial charge < -0.3 is 10.4 Å². The molecule has 2 rings (SSSR count). The van der Waals surface area contributed by atoms with Crippen molar-refractivity contribution in [3.63, 3.8) is 0 Å². The third-order valence-electron chi connectivity index (χ3n) is 3.53. The van der Waals surface area contributed by atoms with Gasteiger partial charge in [-0.2, -0.15) is 5.10 Å². The Labute approximate surface area is 131 Å². The zero-order chi connectivity index (χ0) is 15.9. The number of aromatic hydroxyl groups is 1. The number of nitrogens with zero attached hydrogens (tertiary/aromatic N) is 2. The second-order valence-electron chi connectivity index (χ2n) is 5.42. The number of rotatable bonds is 7. The molecule has 22 heavy (non-hydrogen) atoms. The van der Waals surface area contributed by atoms with Crippen LogP contribution in [0, 0.1) is 0 Å². The monoisotopic (exact) mass is 301 g/mol. The normalized spacial score (nSPS) is 10.6. The van der Waals surface area contributed by atoms with E-state index in [1.165, 1.54) is 0 Å². The van der Waals surface area contributed by atoms with Crippen LogP contribution in [0.15, 0.2) is 30.3 Å². The first-order valence-electron chi connectivity index (χ1n) is 7.69. The van der Waals surface area contributed by atoms with Crippen LogP contribution in [-0.4, -0.2) is 27.3 Å². The molecule has 0 saturated carbocycles. The molecule has 0 fully saturated rings. The fraction of sp³-hybridized carbons (Fsp3) is 0.412. The van der Waals surface area contributed by atoms with E-state index in [1.54, 1.807) is 23.9 Å². The van der Waals surface area contributed by atoms with Crippen molar-refractivity contribution >= 4 is 5.91 Å². The minimum atomic E-state index is -0.0805. The fourth-order valence-corrected chi connectivity index (χ4v) is 2.37. The first-order chi connectivity index (χ1) is 10.6. The first kappa shape index (κ1) is 16.1. The van der Waals surface area contributed by atoms with E-state index < -0.39 is 0 Å². The van der Waals surface area contributed by atoms with Crippen LogP contribution in [0.4, 0.5) is 0 Å². The molecule has 0 aliphatic heterocycles.